The van der Waals surface area contributed by atoms with Gasteiger partial charge in [-0.05, 0) is 61.6 Å². The molecule has 22 heavy (non-hydrogen) atoms. The number of amides is 1. The third kappa shape index (κ3) is 3.00. The molecule has 0 spiro atoms. The van der Waals surface area contributed by atoms with Crippen molar-refractivity contribution in [2.75, 3.05) is 11.6 Å². The Morgan fingerprint density at radius 3 is 2.59 bits per heavy atom. The van der Waals surface area contributed by atoms with Crippen molar-refractivity contribution in [2.24, 2.45) is 0 Å². The topological polar surface area (TPSA) is 42.0 Å². The second kappa shape index (κ2) is 6.10. The van der Waals surface area contributed by atoms with Crippen molar-refractivity contribution in [1.29, 1.82) is 0 Å². The molecule has 0 aliphatic carbocycles. The SMILES string of the molecule is CSc1ccc(C(=O)Nc2nc3cc(C)cc(C)c3s2)cc1. The van der Waals surface area contributed by atoms with Gasteiger partial charge in [-0.1, -0.05) is 17.4 Å². The number of hydrogen-bond donors (Lipinski definition) is 1. The monoisotopic (exact) mass is 328 g/mol. The molecule has 5 heteroatoms. The highest BCUT2D eigenvalue weighted by Gasteiger charge is 2.11. The maximum atomic E-state index is 12.3. The van der Waals surface area contributed by atoms with E-state index in [0.29, 0.717) is 10.7 Å². The summed E-state index contributed by atoms with van der Waals surface area (Å²) in [5, 5.41) is 3.53. The third-order valence-electron chi connectivity index (χ3n) is 3.39. The molecule has 0 fully saturated rings. The van der Waals surface area contributed by atoms with Gasteiger partial charge in [-0.3, -0.25) is 10.1 Å². The van der Waals surface area contributed by atoms with Gasteiger partial charge in [0.25, 0.3) is 5.91 Å². The lowest BCUT2D eigenvalue weighted by atomic mass is 10.1. The van der Waals surface area contributed by atoms with Crippen LogP contribution in [0.2, 0.25) is 0 Å². The number of rotatable bonds is 3. The van der Waals surface area contributed by atoms with Gasteiger partial charge in [0.1, 0.15) is 0 Å². The molecule has 112 valence electrons. The number of benzene rings is 2. The van der Waals surface area contributed by atoms with Crippen molar-refractivity contribution in [3.05, 3.63) is 53.1 Å². The molecule has 0 atom stereocenters. The first-order chi connectivity index (χ1) is 10.6. The maximum Gasteiger partial charge on any atom is 0.257 e. The highest BCUT2D eigenvalue weighted by atomic mass is 32.2. The van der Waals surface area contributed by atoms with Crippen molar-refractivity contribution < 1.29 is 4.79 Å². The molecular weight excluding hydrogens is 312 g/mol. The molecule has 3 rings (SSSR count). The van der Waals surface area contributed by atoms with Gasteiger partial charge in [0.05, 0.1) is 10.2 Å². The quantitative estimate of drug-likeness (QED) is 0.696. The van der Waals surface area contributed by atoms with E-state index in [9.17, 15) is 4.79 Å². The Bertz CT molecular complexity index is 838. The van der Waals surface area contributed by atoms with Crippen LogP contribution in [0.3, 0.4) is 0 Å². The van der Waals surface area contributed by atoms with Crippen LogP contribution >= 0.6 is 23.1 Å². The molecule has 0 saturated heterocycles. The number of thioether (sulfide) groups is 1. The molecule has 2 aromatic carbocycles. The van der Waals surface area contributed by atoms with Crippen molar-refractivity contribution in [3.63, 3.8) is 0 Å². The molecule has 3 nitrogen and oxygen atoms in total. The Labute approximate surface area is 137 Å². The standard InChI is InChI=1S/C17H16N2OS2/c1-10-8-11(2)15-14(9-10)18-17(22-15)19-16(20)12-4-6-13(21-3)7-5-12/h4-9H,1-3H3,(H,18,19,20). The number of hydrogen-bond acceptors (Lipinski definition) is 4. The Hall–Kier alpha value is -1.85. The summed E-state index contributed by atoms with van der Waals surface area (Å²) in [4.78, 5) is 17.9. The number of aryl methyl sites for hydroxylation is 2. The minimum absolute atomic E-state index is 0.124. The van der Waals surface area contributed by atoms with Crippen molar-refractivity contribution in [3.8, 4) is 0 Å². The second-order valence-electron chi connectivity index (χ2n) is 5.13. The molecule has 0 bridgehead atoms. The molecule has 0 radical (unpaired) electrons. The van der Waals surface area contributed by atoms with Crippen LogP contribution in [-0.2, 0) is 0 Å². The average molecular weight is 328 g/mol. The predicted molar refractivity (Wildman–Crippen MR) is 95.3 cm³/mol. The number of aromatic nitrogens is 1. The molecule has 1 N–H and O–H groups in total. The van der Waals surface area contributed by atoms with Crippen LogP contribution in [0.15, 0.2) is 41.3 Å². The number of carbonyl (C=O) groups is 1. The lowest BCUT2D eigenvalue weighted by molar-refractivity contribution is 0.102. The summed E-state index contributed by atoms with van der Waals surface area (Å²) in [5.74, 6) is -0.124. The highest BCUT2D eigenvalue weighted by Crippen LogP contribution is 2.30. The van der Waals surface area contributed by atoms with Crippen LogP contribution in [0.4, 0.5) is 5.13 Å². The Morgan fingerprint density at radius 1 is 1.18 bits per heavy atom. The van der Waals surface area contributed by atoms with Gasteiger partial charge in [-0.15, -0.1) is 11.8 Å². The van der Waals surface area contributed by atoms with Crippen molar-refractivity contribution in [1.82, 2.24) is 4.98 Å². The van der Waals surface area contributed by atoms with E-state index in [1.807, 2.05) is 36.6 Å². The second-order valence-corrected chi connectivity index (χ2v) is 7.01. The van der Waals surface area contributed by atoms with Gasteiger partial charge in [-0.2, -0.15) is 0 Å². The average Bonchev–Trinajstić information content (AvgIpc) is 2.90. The van der Waals surface area contributed by atoms with Gasteiger partial charge in [-0.25, -0.2) is 4.98 Å². The Morgan fingerprint density at radius 2 is 1.91 bits per heavy atom. The fourth-order valence-corrected chi connectivity index (χ4v) is 3.66. The molecule has 0 unspecified atom stereocenters. The fourth-order valence-electron chi connectivity index (χ4n) is 2.34. The molecule has 1 aromatic heterocycles. The summed E-state index contributed by atoms with van der Waals surface area (Å²) in [6, 6.07) is 11.7. The summed E-state index contributed by atoms with van der Waals surface area (Å²) in [5.41, 5.74) is 3.96. The lowest BCUT2D eigenvalue weighted by Gasteiger charge is -2.02. The van der Waals surface area contributed by atoms with E-state index in [0.717, 1.165) is 15.1 Å². The first kappa shape index (κ1) is 15.1. The Balaban J connectivity index is 1.85. The van der Waals surface area contributed by atoms with Gasteiger partial charge >= 0.3 is 0 Å². The zero-order valence-electron chi connectivity index (χ0n) is 12.6. The number of nitrogens with one attached hydrogen (secondary N) is 1. The van der Waals surface area contributed by atoms with E-state index >= 15 is 0 Å². The third-order valence-corrected chi connectivity index (χ3v) is 5.26. The molecule has 1 amide bonds. The van der Waals surface area contributed by atoms with Gasteiger partial charge in [0.15, 0.2) is 5.13 Å². The summed E-state index contributed by atoms with van der Waals surface area (Å²) >= 11 is 3.17. The van der Waals surface area contributed by atoms with Gasteiger partial charge in [0, 0.05) is 10.5 Å². The molecule has 1 heterocycles. The number of fused-ring (bicyclic) bond motifs is 1. The number of anilines is 1. The van der Waals surface area contributed by atoms with Crippen LogP contribution in [0, 0.1) is 13.8 Å². The fraction of sp³-hybridized carbons (Fsp3) is 0.176. The molecule has 0 saturated carbocycles. The van der Waals surface area contributed by atoms with Crippen LogP contribution in [0.1, 0.15) is 21.5 Å². The summed E-state index contributed by atoms with van der Waals surface area (Å²) < 4.78 is 1.12. The largest absolute Gasteiger partial charge is 0.298 e. The number of carbonyl (C=O) groups excluding carboxylic acids is 1. The van der Waals surface area contributed by atoms with E-state index < -0.39 is 0 Å². The van der Waals surface area contributed by atoms with Crippen LogP contribution in [-0.4, -0.2) is 17.1 Å². The zero-order valence-corrected chi connectivity index (χ0v) is 14.3. The predicted octanol–water partition coefficient (Wildman–Crippen LogP) is 4.89. The van der Waals surface area contributed by atoms with Gasteiger partial charge in [0.2, 0.25) is 0 Å². The molecular formula is C17H16N2OS2. The first-order valence-electron chi connectivity index (χ1n) is 6.90. The Kier molecular flexibility index (Phi) is 4.18. The highest BCUT2D eigenvalue weighted by molar-refractivity contribution is 7.98. The summed E-state index contributed by atoms with van der Waals surface area (Å²) in [6.45, 7) is 4.12. The smallest absolute Gasteiger partial charge is 0.257 e. The maximum absolute atomic E-state index is 12.3. The lowest BCUT2D eigenvalue weighted by Crippen LogP contribution is -2.11. The zero-order chi connectivity index (χ0) is 15.7. The number of thiazole rings is 1. The van der Waals surface area contributed by atoms with Crippen LogP contribution in [0.25, 0.3) is 10.2 Å². The molecule has 0 aliphatic heterocycles. The van der Waals surface area contributed by atoms with Crippen molar-refractivity contribution >= 4 is 44.4 Å². The summed E-state index contributed by atoms with van der Waals surface area (Å²) in [7, 11) is 0. The van der Waals surface area contributed by atoms with Crippen molar-refractivity contribution in [2.45, 2.75) is 18.7 Å². The molecule has 0 aliphatic rings. The minimum Gasteiger partial charge on any atom is -0.298 e. The number of nitrogens with zero attached hydrogens (tertiary/aromatic N) is 1. The normalized spacial score (nSPS) is 10.9. The van der Waals surface area contributed by atoms with E-state index in [1.54, 1.807) is 11.8 Å². The van der Waals surface area contributed by atoms with E-state index in [1.165, 1.54) is 22.5 Å². The van der Waals surface area contributed by atoms with Crippen LogP contribution < -0.4 is 5.32 Å². The van der Waals surface area contributed by atoms with E-state index in [2.05, 4.69) is 30.2 Å². The first-order valence-corrected chi connectivity index (χ1v) is 8.94. The van der Waals surface area contributed by atoms with Crippen LogP contribution in [0.5, 0.6) is 0 Å². The van der Waals surface area contributed by atoms with E-state index in [4.69, 9.17) is 0 Å². The summed E-state index contributed by atoms with van der Waals surface area (Å²) in [6.07, 6.45) is 2.01. The van der Waals surface area contributed by atoms with E-state index in [-0.39, 0.29) is 5.91 Å². The minimum atomic E-state index is -0.124. The van der Waals surface area contributed by atoms with Gasteiger partial charge < -0.3 is 0 Å². The molecule has 3 aromatic rings.